The lowest BCUT2D eigenvalue weighted by Crippen LogP contribution is -2.13. The molecule has 1 N–H and O–H groups in total. The summed E-state index contributed by atoms with van der Waals surface area (Å²) < 4.78 is 0. The molecule has 0 fully saturated rings. The number of hydrogen-bond acceptors (Lipinski definition) is 2. The first kappa shape index (κ1) is 13.6. The summed E-state index contributed by atoms with van der Waals surface area (Å²) in [4.78, 5) is 0. The van der Waals surface area contributed by atoms with Crippen LogP contribution in [0.4, 0.5) is 0 Å². The van der Waals surface area contributed by atoms with Crippen LogP contribution in [0.1, 0.15) is 30.0 Å². The van der Waals surface area contributed by atoms with Crippen LogP contribution in [0.2, 0.25) is 0 Å². The summed E-state index contributed by atoms with van der Waals surface area (Å²) in [5.41, 5.74) is 3.90. The maximum atomic E-state index is 9.96. The third kappa shape index (κ3) is 4.18. The van der Waals surface area contributed by atoms with Crippen LogP contribution < -0.4 is 0 Å². The zero-order valence-corrected chi connectivity index (χ0v) is 11.3. The van der Waals surface area contributed by atoms with Gasteiger partial charge in [0.05, 0.1) is 6.10 Å². The minimum Gasteiger partial charge on any atom is -0.393 e. The molecule has 0 heterocycles. The largest absolute Gasteiger partial charge is 0.393 e. The number of rotatable bonds is 6. The van der Waals surface area contributed by atoms with Crippen molar-refractivity contribution in [2.24, 2.45) is 0 Å². The van der Waals surface area contributed by atoms with E-state index in [1.807, 2.05) is 11.8 Å². The van der Waals surface area contributed by atoms with E-state index < -0.39 is 0 Å². The smallest absolute Gasteiger partial charge is 0.0588 e. The molecule has 2 heteroatoms. The van der Waals surface area contributed by atoms with E-state index in [1.165, 1.54) is 16.7 Å². The molecule has 0 saturated carbocycles. The van der Waals surface area contributed by atoms with Crippen molar-refractivity contribution in [1.82, 2.24) is 0 Å². The molecule has 0 amide bonds. The van der Waals surface area contributed by atoms with E-state index in [0.29, 0.717) is 0 Å². The monoisotopic (exact) mass is 238 g/mol. The lowest BCUT2D eigenvalue weighted by Gasteiger charge is -2.14. The Balaban J connectivity index is 2.52. The molecule has 1 aromatic rings. The van der Waals surface area contributed by atoms with E-state index in [9.17, 15) is 5.11 Å². The predicted octanol–water partition coefficient (Wildman–Crippen LogP) is 3.35. The fourth-order valence-corrected chi connectivity index (χ4v) is 2.60. The van der Waals surface area contributed by atoms with Gasteiger partial charge < -0.3 is 5.11 Å². The summed E-state index contributed by atoms with van der Waals surface area (Å²) in [5.74, 6) is 2.19. The second-order valence-electron chi connectivity index (χ2n) is 4.21. The molecule has 0 aliphatic rings. The van der Waals surface area contributed by atoms with Crippen LogP contribution in [0.25, 0.3) is 0 Å². The Kier molecular flexibility index (Phi) is 5.93. The summed E-state index contributed by atoms with van der Waals surface area (Å²) in [5, 5.41) is 9.96. The molecule has 1 atom stereocenters. The van der Waals surface area contributed by atoms with Gasteiger partial charge in [-0.05, 0) is 54.9 Å². The van der Waals surface area contributed by atoms with Gasteiger partial charge in [0.2, 0.25) is 0 Å². The summed E-state index contributed by atoms with van der Waals surface area (Å²) in [6, 6.07) is 6.32. The first-order chi connectivity index (χ1) is 7.65. The third-order valence-corrected chi connectivity index (χ3v) is 3.82. The Labute approximate surface area is 103 Å². The van der Waals surface area contributed by atoms with Crippen molar-refractivity contribution in [2.75, 3.05) is 11.5 Å². The van der Waals surface area contributed by atoms with Gasteiger partial charge in [-0.2, -0.15) is 11.8 Å². The molecular weight excluding hydrogens is 216 g/mol. The summed E-state index contributed by atoms with van der Waals surface area (Å²) in [6.45, 7) is 6.40. The highest BCUT2D eigenvalue weighted by atomic mass is 32.2. The number of benzene rings is 1. The maximum absolute atomic E-state index is 9.96. The van der Waals surface area contributed by atoms with Crippen molar-refractivity contribution in [2.45, 2.75) is 39.7 Å². The van der Waals surface area contributed by atoms with E-state index in [1.54, 1.807) is 0 Å². The summed E-state index contributed by atoms with van der Waals surface area (Å²) in [6.07, 6.45) is 1.49. The van der Waals surface area contributed by atoms with Crippen molar-refractivity contribution < 1.29 is 5.11 Å². The molecule has 0 bridgehead atoms. The number of aliphatic hydroxyl groups is 1. The Morgan fingerprint density at radius 2 is 1.88 bits per heavy atom. The number of aryl methyl sites for hydroxylation is 2. The average Bonchev–Trinajstić information content (AvgIpc) is 2.24. The van der Waals surface area contributed by atoms with Crippen LogP contribution in [0, 0.1) is 13.8 Å². The minimum atomic E-state index is -0.196. The molecule has 0 radical (unpaired) electrons. The Morgan fingerprint density at radius 1 is 1.25 bits per heavy atom. The SMILES string of the molecule is CCSCCC(O)Cc1c(C)cccc1C. The molecule has 0 aliphatic heterocycles. The zero-order valence-electron chi connectivity index (χ0n) is 10.5. The molecule has 0 aromatic heterocycles. The number of thioether (sulfide) groups is 1. The molecule has 1 nitrogen and oxygen atoms in total. The number of hydrogen-bond donors (Lipinski definition) is 1. The van der Waals surface area contributed by atoms with Crippen LogP contribution in [0.15, 0.2) is 18.2 Å². The Hall–Kier alpha value is -0.470. The number of aliphatic hydroxyl groups excluding tert-OH is 1. The molecule has 1 rings (SSSR count). The molecule has 0 spiro atoms. The highest BCUT2D eigenvalue weighted by Gasteiger charge is 2.09. The first-order valence-corrected chi connectivity index (χ1v) is 7.11. The third-order valence-electron chi connectivity index (χ3n) is 2.88. The quantitative estimate of drug-likeness (QED) is 0.767. The molecule has 1 unspecified atom stereocenters. The molecule has 16 heavy (non-hydrogen) atoms. The van der Waals surface area contributed by atoms with Gasteiger partial charge in [0.25, 0.3) is 0 Å². The van der Waals surface area contributed by atoms with Gasteiger partial charge in [0.1, 0.15) is 0 Å². The van der Waals surface area contributed by atoms with Crippen molar-refractivity contribution in [1.29, 1.82) is 0 Å². The maximum Gasteiger partial charge on any atom is 0.0588 e. The van der Waals surface area contributed by atoms with Gasteiger partial charge in [-0.15, -0.1) is 0 Å². The highest BCUT2D eigenvalue weighted by Crippen LogP contribution is 2.17. The van der Waals surface area contributed by atoms with Crippen LogP contribution in [-0.4, -0.2) is 22.7 Å². The fourth-order valence-electron chi connectivity index (χ4n) is 1.87. The van der Waals surface area contributed by atoms with Crippen molar-refractivity contribution in [3.8, 4) is 0 Å². The Bertz CT molecular complexity index is 302. The lowest BCUT2D eigenvalue weighted by atomic mass is 9.97. The molecule has 0 aliphatic carbocycles. The fraction of sp³-hybridized carbons (Fsp3) is 0.571. The van der Waals surface area contributed by atoms with Crippen LogP contribution in [0.3, 0.4) is 0 Å². The van der Waals surface area contributed by atoms with Gasteiger partial charge in [0.15, 0.2) is 0 Å². The Morgan fingerprint density at radius 3 is 2.44 bits per heavy atom. The second kappa shape index (κ2) is 6.97. The summed E-state index contributed by atoms with van der Waals surface area (Å²) in [7, 11) is 0. The topological polar surface area (TPSA) is 20.2 Å². The van der Waals surface area contributed by atoms with Gasteiger partial charge >= 0.3 is 0 Å². The van der Waals surface area contributed by atoms with Crippen molar-refractivity contribution >= 4 is 11.8 Å². The van der Waals surface area contributed by atoms with Gasteiger partial charge in [-0.25, -0.2) is 0 Å². The molecule has 1 aromatic carbocycles. The van der Waals surface area contributed by atoms with Crippen molar-refractivity contribution in [3.05, 3.63) is 34.9 Å². The van der Waals surface area contributed by atoms with E-state index in [-0.39, 0.29) is 6.10 Å². The van der Waals surface area contributed by atoms with Gasteiger partial charge in [-0.3, -0.25) is 0 Å². The second-order valence-corrected chi connectivity index (χ2v) is 5.61. The van der Waals surface area contributed by atoms with E-state index in [2.05, 4.69) is 39.0 Å². The highest BCUT2D eigenvalue weighted by molar-refractivity contribution is 7.99. The van der Waals surface area contributed by atoms with Gasteiger partial charge in [-0.1, -0.05) is 25.1 Å². The normalized spacial score (nSPS) is 12.8. The summed E-state index contributed by atoms with van der Waals surface area (Å²) >= 11 is 1.90. The van der Waals surface area contributed by atoms with E-state index in [4.69, 9.17) is 0 Å². The molecule has 90 valence electrons. The van der Waals surface area contributed by atoms with E-state index in [0.717, 1.165) is 24.3 Å². The standard InChI is InChI=1S/C14H22OS/c1-4-16-9-8-13(15)10-14-11(2)6-5-7-12(14)3/h5-7,13,15H,4,8-10H2,1-3H3. The van der Waals surface area contributed by atoms with Crippen molar-refractivity contribution in [3.63, 3.8) is 0 Å². The molecule has 0 saturated heterocycles. The lowest BCUT2D eigenvalue weighted by molar-refractivity contribution is 0.171. The zero-order chi connectivity index (χ0) is 12.0. The van der Waals surface area contributed by atoms with E-state index >= 15 is 0 Å². The van der Waals surface area contributed by atoms with Crippen LogP contribution in [-0.2, 0) is 6.42 Å². The predicted molar refractivity (Wildman–Crippen MR) is 73.2 cm³/mol. The van der Waals surface area contributed by atoms with Crippen LogP contribution in [0.5, 0.6) is 0 Å². The first-order valence-electron chi connectivity index (χ1n) is 5.96. The van der Waals surface area contributed by atoms with Gasteiger partial charge in [0, 0.05) is 0 Å². The van der Waals surface area contributed by atoms with Crippen LogP contribution >= 0.6 is 11.8 Å². The molecular formula is C14H22OS. The minimum absolute atomic E-state index is 0.196. The average molecular weight is 238 g/mol.